The Balaban J connectivity index is 1.71. The van der Waals surface area contributed by atoms with Gasteiger partial charge in [-0.25, -0.2) is 9.97 Å². The van der Waals surface area contributed by atoms with Gasteiger partial charge in [-0.05, 0) is 35.2 Å². The predicted molar refractivity (Wildman–Crippen MR) is 131 cm³/mol. The van der Waals surface area contributed by atoms with E-state index >= 15 is 0 Å². The van der Waals surface area contributed by atoms with E-state index in [1.807, 2.05) is 24.3 Å². The van der Waals surface area contributed by atoms with Gasteiger partial charge in [-0.15, -0.1) is 0 Å². The molecule has 0 fully saturated rings. The summed E-state index contributed by atoms with van der Waals surface area (Å²) in [7, 11) is 0. The molecule has 4 aromatic rings. The number of aldehydes is 1. The number of thiazole rings is 1. The largest absolute Gasteiger partial charge is 0.437 e. The second-order valence-electron chi connectivity index (χ2n) is 8.77. The maximum atomic E-state index is 13.8. The van der Waals surface area contributed by atoms with Gasteiger partial charge in [0.15, 0.2) is 10.8 Å². The second-order valence-corrected chi connectivity index (χ2v) is 9.77. The summed E-state index contributed by atoms with van der Waals surface area (Å²) >= 11 is 0.834. The number of aromatic nitrogens is 2. The molecule has 0 aliphatic heterocycles. The molecular formula is C26H22F3N3O2S. The first-order valence-corrected chi connectivity index (χ1v) is 11.5. The number of anilines is 2. The Hall–Kier alpha value is -3.72. The van der Waals surface area contributed by atoms with Crippen LogP contribution in [0.2, 0.25) is 0 Å². The lowest BCUT2D eigenvalue weighted by Crippen LogP contribution is -2.12. The monoisotopic (exact) mass is 497 g/mol. The van der Waals surface area contributed by atoms with Crippen molar-refractivity contribution in [1.29, 1.82) is 0 Å². The Morgan fingerprint density at radius 2 is 1.77 bits per heavy atom. The molecule has 180 valence electrons. The summed E-state index contributed by atoms with van der Waals surface area (Å²) in [5.74, 6) is 0.806. The third-order valence-corrected chi connectivity index (χ3v) is 6.11. The molecule has 0 saturated carbocycles. The highest BCUT2D eigenvalue weighted by Crippen LogP contribution is 2.43. The van der Waals surface area contributed by atoms with Gasteiger partial charge in [-0.2, -0.15) is 13.2 Å². The van der Waals surface area contributed by atoms with E-state index in [2.05, 4.69) is 36.1 Å². The first kappa shape index (κ1) is 24.4. The van der Waals surface area contributed by atoms with Crippen molar-refractivity contribution in [3.05, 3.63) is 83.7 Å². The van der Waals surface area contributed by atoms with Gasteiger partial charge in [0.2, 0.25) is 5.88 Å². The van der Waals surface area contributed by atoms with E-state index < -0.39 is 11.9 Å². The van der Waals surface area contributed by atoms with Crippen molar-refractivity contribution in [2.24, 2.45) is 0 Å². The van der Waals surface area contributed by atoms with Gasteiger partial charge in [0.25, 0.3) is 0 Å². The summed E-state index contributed by atoms with van der Waals surface area (Å²) in [6.45, 7) is 6.17. The Morgan fingerprint density at radius 3 is 2.49 bits per heavy atom. The van der Waals surface area contributed by atoms with Crippen LogP contribution in [-0.2, 0) is 11.6 Å². The molecular weight excluding hydrogens is 475 g/mol. The van der Waals surface area contributed by atoms with Crippen molar-refractivity contribution >= 4 is 28.4 Å². The quantitative estimate of drug-likeness (QED) is 0.275. The van der Waals surface area contributed by atoms with Gasteiger partial charge in [0.1, 0.15) is 17.7 Å². The Kier molecular flexibility index (Phi) is 6.62. The van der Waals surface area contributed by atoms with Crippen molar-refractivity contribution in [3.8, 4) is 22.1 Å². The summed E-state index contributed by atoms with van der Waals surface area (Å²) in [6.07, 6.45) is -2.55. The fourth-order valence-electron chi connectivity index (χ4n) is 3.48. The lowest BCUT2D eigenvalue weighted by molar-refractivity contribution is -0.140. The fourth-order valence-corrected chi connectivity index (χ4v) is 4.47. The third kappa shape index (κ3) is 5.51. The Bertz CT molecular complexity index is 1360. The normalized spacial score (nSPS) is 11.8. The number of nitrogens with zero attached hydrogens (tertiary/aromatic N) is 2. The maximum absolute atomic E-state index is 13.8. The van der Waals surface area contributed by atoms with Crippen LogP contribution < -0.4 is 10.1 Å². The number of benzene rings is 2. The molecule has 0 spiro atoms. The van der Waals surface area contributed by atoms with Crippen LogP contribution in [0.15, 0.2) is 66.9 Å². The average molecular weight is 498 g/mol. The number of hydrogen-bond acceptors (Lipinski definition) is 6. The minimum atomic E-state index is -4.68. The Labute approximate surface area is 204 Å². The van der Waals surface area contributed by atoms with Crippen LogP contribution in [0.5, 0.6) is 11.6 Å². The van der Waals surface area contributed by atoms with E-state index in [-0.39, 0.29) is 32.4 Å². The topological polar surface area (TPSA) is 64.1 Å². The van der Waals surface area contributed by atoms with Crippen LogP contribution in [0.3, 0.4) is 0 Å². The standard InChI is InChI=1S/C26H22F3N3O2S/c1-25(2,3)18-10-4-5-12-20(18)34-23-19(11-7-13-30-23)31-24-32-22(26(27,28)29)21(35-24)17-9-6-8-16(14-17)15-33/h4-15H,1-3H3,(H,31,32). The average Bonchev–Trinajstić information content (AvgIpc) is 3.25. The number of nitrogens with one attached hydrogen (secondary N) is 1. The van der Waals surface area contributed by atoms with Crippen LogP contribution in [-0.4, -0.2) is 16.3 Å². The molecule has 0 unspecified atom stereocenters. The maximum Gasteiger partial charge on any atom is 0.434 e. The smallest absolute Gasteiger partial charge is 0.434 e. The van der Waals surface area contributed by atoms with Crippen molar-refractivity contribution < 1.29 is 22.7 Å². The SMILES string of the molecule is CC(C)(C)c1ccccc1Oc1ncccc1Nc1nc(C(F)(F)F)c(-c2cccc(C=O)c2)s1. The van der Waals surface area contributed by atoms with Gasteiger partial charge in [0.05, 0.1) is 4.88 Å². The molecule has 0 saturated heterocycles. The number of carbonyl (C=O) groups excluding carboxylic acids is 1. The van der Waals surface area contributed by atoms with E-state index in [4.69, 9.17) is 4.74 Å². The van der Waals surface area contributed by atoms with Crippen LogP contribution in [0, 0.1) is 0 Å². The van der Waals surface area contributed by atoms with Crippen molar-refractivity contribution in [1.82, 2.24) is 9.97 Å². The molecule has 0 bridgehead atoms. The molecule has 2 aromatic carbocycles. The summed E-state index contributed by atoms with van der Waals surface area (Å²) in [5.41, 5.74) is 0.640. The number of pyridine rings is 1. The molecule has 2 aromatic heterocycles. The second kappa shape index (κ2) is 9.50. The highest BCUT2D eigenvalue weighted by molar-refractivity contribution is 7.19. The Morgan fingerprint density at radius 1 is 1.00 bits per heavy atom. The molecule has 0 amide bonds. The van der Waals surface area contributed by atoms with Gasteiger partial charge >= 0.3 is 6.18 Å². The number of carbonyl (C=O) groups is 1. The van der Waals surface area contributed by atoms with Gasteiger partial charge < -0.3 is 10.1 Å². The summed E-state index contributed by atoms with van der Waals surface area (Å²) < 4.78 is 47.5. The van der Waals surface area contributed by atoms with Crippen LogP contribution >= 0.6 is 11.3 Å². The van der Waals surface area contributed by atoms with Crippen LogP contribution in [0.1, 0.15) is 42.4 Å². The van der Waals surface area contributed by atoms with Crippen LogP contribution in [0.4, 0.5) is 24.0 Å². The van der Waals surface area contributed by atoms with Gasteiger partial charge in [0, 0.05) is 17.3 Å². The zero-order valence-corrected chi connectivity index (χ0v) is 20.0. The molecule has 0 aliphatic rings. The molecule has 5 nitrogen and oxygen atoms in total. The lowest BCUT2D eigenvalue weighted by atomic mass is 9.86. The lowest BCUT2D eigenvalue weighted by Gasteiger charge is -2.22. The minimum absolute atomic E-state index is 0.0192. The van der Waals surface area contributed by atoms with E-state index in [1.54, 1.807) is 18.3 Å². The first-order valence-electron chi connectivity index (χ1n) is 10.7. The number of para-hydroxylation sites is 1. The molecule has 1 N–H and O–H groups in total. The highest BCUT2D eigenvalue weighted by Gasteiger charge is 2.38. The van der Waals surface area contributed by atoms with E-state index in [9.17, 15) is 18.0 Å². The molecule has 2 heterocycles. The molecule has 0 aliphatic carbocycles. The van der Waals surface area contributed by atoms with E-state index in [0.29, 0.717) is 17.7 Å². The zero-order chi connectivity index (χ0) is 25.2. The zero-order valence-electron chi connectivity index (χ0n) is 19.2. The van der Waals surface area contributed by atoms with Crippen molar-refractivity contribution in [2.75, 3.05) is 5.32 Å². The first-order chi connectivity index (χ1) is 16.6. The van der Waals surface area contributed by atoms with E-state index in [0.717, 1.165) is 16.9 Å². The molecule has 0 atom stereocenters. The van der Waals surface area contributed by atoms with E-state index in [1.165, 1.54) is 24.3 Å². The number of alkyl halides is 3. The van der Waals surface area contributed by atoms with Gasteiger partial charge in [-0.1, -0.05) is 68.5 Å². The number of ether oxygens (including phenoxy) is 1. The molecule has 4 rings (SSSR count). The highest BCUT2D eigenvalue weighted by atomic mass is 32.1. The van der Waals surface area contributed by atoms with Crippen molar-refractivity contribution in [3.63, 3.8) is 0 Å². The summed E-state index contributed by atoms with van der Waals surface area (Å²) in [5, 5.41) is 2.95. The van der Waals surface area contributed by atoms with Gasteiger partial charge in [-0.3, -0.25) is 4.79 Å². The molecule has 35 heavy (non-hydrogen) atoms. The minimum Gasteiger partial charge on any atom is -0.437 e. The predicted octanol–water partition coefficient (Wildman–Crippen LogP) is 7.87. The number of halogens is 3. The van der Waals surface area contributed by atoms with Crippen molar-refractivity contribution in [2.45, 2.75) is 32.4 Å². The molecule has 9 heteroatoms. The number of hydrogen-bond donors (Lipinski definition) is 1. The summed E-state index contributed by atoms with van der Waals surface area (Å²) in [6, 6.07) is 16.8. The fraction of sp³-hybridized carbons (Fsp3) is 0.192. The third-order valence-electron chi connectivity index (χ3n) is 5.10. The number of rotatable bonds is 6. The summed E-state index contributed by atoms with van der Waals surface area (Å²) in [4.78, 5) is 19.1. The molecule has 0 radical (unpaired) electrons. The van der Waals surface area contributed by atoms with Crippen LogP contribution in [0.25, 0.3) is 10.4 Å².